The number of carbonyl (C=O) groups excluding carboxylic acids is 1. The number of hydrogen-bond donors (Lipinski definition) is 0. The van der Waals surface area contributed by atoms with Crippen LogP contribution in [0.25, 0.3) is 0 Å². The van der Waals surface area contributed by atoms with Crippen LogP contribution < -0.4 is 0 Å². The normalized spacial score (nSPS) is 26.6. The van der Waals surface area contributed by atoms with Crippen LogP contribution in [-0.4, -0.2) is 36.6 Å². The fourth-order valence-electron chi connectivity index (χ4n) is 3.53. The summed E-state index contributed by atoms with van der Waals surface area (Å²) in [5, 5.41) is 0. The highest BCUT2D eigenvalue weighted by Gasteiger charge is 2.36. The lowest BCUT2D eigenvalue weighted by molar-refractivity contribution is 0.0941. The number of fused-ring (bicyclic) bond motifs is 1. The van der Waals surface area contributed by atoms with Crippen molar-refractivity contribution in [3.63, 3.8) is 0 Å². The highest BCUT2D eigenvalue weighted by molar-refractivity contribution is 7.98. The third-order valence-electron chi connectivity index (χ3n) is 4.58. The van der Waals surface area contributed by atoms with Crippen LogP contribution in [0.2, 0.25) is 0 Å². The molecule has 19 heavy (non-hydrogen) atoms. The molecule has 1 aliphatic heterocycles. The molecule has 0 spiro atoms. The Morgan fingerprint density at radius 3 is 2.42 bits per heavy atom. The maximum atomic E-state index is 12.3. The number of carbonyl (C=O) groups is 1. The minimum Gasteiger partial charge on any atom is -0.295 e. The predicted octanol–water partition coefficient (Wildman–Crippen LogP) is 3.32. The molecular formula is C16H21NOS. The molecule has 2 aliphatic rings. The van der Waals surface area contributed by atoms with Crippen LogP contribution in [0.5, 0.6) is 0 Å². The molecule has 0 radical (unpaired) electrons. The lowest BCUT2D eigenvalue weighted by Gasteiger charge is -2.15. The molecule has 1 aliphatic carbocycles. The Morgan fingerprint density at radius 2 is 1.84 bits per heavy atom. The van der Waals surface area contributed by atoms with Crippen LogP contribution in [0.15, 0.2) is 29.2 Å². The van der Waals surface area contributed by atoms with E-state index >= 15 is 0 Å². The van der Waals surface area contributed by atoms with Gasteiger partial charge >= 0.3 is 0 Å². The second-order valence-electron chi connectivity index (χ2n) is 5.80. The van der Waals surface area contributed by atoms with Gasteiger partial charge in [0.15, 0.2) is 5.78 Å². The van der Waals surface area contributed by atoms with Gasteiger partial charge < -0.3 is 0 Å². The van der Waals surface area contributed by atoms with Crippen molar-refractivity contribution in [2.75, 3.05) is 25.9 Å². The molecule has 2 unspecified atom stereocenters. The number of ketones is 1. The van der Waals surface area contributed by atoms with Gasteiger partial charge in [-0.1, -0.05) is 18.6 Å². The minimum atomic E-state index is 0.271. The van der Waals surface area contributed by atoms with E-state index < -0.39 is 0 Å². The summed E-state index contributed by atoms with van der Waals surface area (Å²) in [6, 6.07) is 8.00. The zero-order valence-electron chi connectivity index (χ0n) is 11.5. The number of hydrogen-bond acceptors (Lipinski definition) is 3. The summed E-state index contributed by atoms with van der Waals surface area (Å²) in [7, 11) is 0. The van der Waals surface area contributed by atoms with E-state index in [-0.39, 0.29) is 5.78 Å². The number of Topliss-reactive ketones (excluding diaryl/α,β-unsaturated/α-hetero) is 1. The number of rotatable bonds is 4. The van der Waals surface area contributed by atoms with E-state index in [1.807, 2.05) is 24.3 Å². The fourth-order valence-corrected chi connectivity index (χ4v) is 3.94. The maximum Gasteiger partial charge on any atom is 0.176 e. The van der Waals surface area contributed by atoms with Gasteiger partial charge in [0.1, 0.15) is 0 Å². The van der Waals surface area contributed by atoms with Crippen LogP contribution >= 0.6 is 11.8 Å². The van der Waals surface area contributed by atoms with Gasteiger partial charge in [-0.15, -0.1) is 11.8 Å². The first-order chi connectivity index (χ1) is 9.26. The molecule has 1 aromatic rings. The van der Waals surface area contributed by atoms with Gasteiger partial charge in [0.25, 0.3) is 0 Å². The highest BCUT2D eigenvalue weighted by atomic mass is 32.2. The van der Waals surface area contributed by atoms with E-state index in [1.165, 1.54) is 24.2 Å². The van der Waals surface area contributed by atoms with E-state index in [9.17, 15) is 4.79 Å². The number of thioether (sulfide) groups is 1. The van der Waals surface area contributed by atoms with E-state index in [0.717, 1.165) is 30.5 Å². The van der Waals surface area contributed by atoms with Crippen molar-refractivity contribution in [2.24, 2.45) is 11.8 Å². The van der Waals surface area contributed by atoms with Crippen LogP contribution in [0.3, 0.4) is 0 Å². The van der Waals surface area contributed by atoms with Gasteiger partial charge in [-0.2, -0.15) is 0 Å². The first-order valence-corrected chi connectivity index (χ1v) is 8.38. The lowest BCUT2D eigenvalue weighted by atomic mass is 10.0. The van der Waals surface area contributed by atoms with Crippen LogP contribution in [0.4, 0.5) is 0 Å². The summed E-state index contributed by atoms with van der Waals surface area (Å²) in [6.45, 7) is 2.88. The quantitative estimate of drug-likeness (QED) is 0.621. The topological polar surface area (TPSA) is 20.3 Å². The molecule has 2 fully saturated rings. The van der Waals surface area contributed by atoms with Crippen LogP contribution in [0.1, 0.15) is 29.6 Å². The summed E-state index contributed by atoms with van der Waals surface area (Å²) in [5.41, 5.74) is 0.856. The summed E-state index contributed by atoms with van der Waals surface area (Å²) in [5.74, 6) is 2.01. The predicted molar refractivity (Wildman–Crippen MR) is 79.8 cm³/mol. The molecule has 3 heteroatoms. The summed E-state index contributed by atoms with van der Waals surface area (Å²) in [6.07, 6.45) is 6.20. The lowest BCUT2D eigenvalue weighted by Crippen LogP contribution is -2.28. The van der Waals surface area contributed by atoms with Gasteiger partial charge in [0.2, 0.25) is 0 Å². The fraction of sp³-hybridized carbons (Fsp3) is 0.562. The van der Waals surface area contributed by atoms with Gasteiger partial charge in [-0.3, -0.25) is 9.69 Å². The van der Waals surface area contributed by atoms with Gasteiger partial charge in [-0.05, 0) is 43.1 Å². The minimum absolute atomic E-state index is 0.271. The number of nitrogens with zero attached hydrogens (tertiary/aromatic N) is 1. The van der Waals surface area contributed by atoms with Gasteiger partial charge in [0.05, 0.1) is 6.54 Å². The summed E-state index contributed by atoms with van der Waals surface area (Å²) >= 11 is 1.71. The maximum absolute atomic E-state index is 12.3. The Balaban J connectivity index is 1.59. The smallest absolute Gasteiger partial charge is 0.176 e. The first kappa shape index (κ1) is 13.2. The second-order valence-corrected chi connectivity index (χ2v) is 6.68. The van der Waals surface area contributed by atoms with Crippen molar-refractivity contribution < 1.29 is 4.79 Å². The molecular weight excluding hydrogens is 254 g/mol. The monoisotopic (exact) mass is 275 g/mol. The molecule has 0 bridgehead atoms. The highest BCUT2D eigenvalue weighted by Crippen LogP contribution is 2.37. The first-order valence-electron chi connectivity index (χ1n) is 7.16. The third-order valence-corrected chi connectivity index (χ3v) is 5.32. The van der Waals surface area contributed by atoms with Crippen molar-refractivity contribution in [3.8, 4) is 0 Å². The zero-order valence-corrected chi connectivity index (χ0v) is 12.3. The van der Waals surface area contributed by atoms with E-state index in [0.29, 0.717) is 6.54 Å². The SMILES string of the molecule is CSc1ccc(C(=O)CN2CC3CCCC3C2)cc1. The molecule has 0 amide bonds. The standard InChI is InChI=1S/C16H21NOS/c1-19-15-7-5-12(6-8-15)16(18)11-17-9-13-3-2-4-14(13)10-17/h5-8,13-14H,2-4,9-11H2,1H3. The molecule has 3 rings (SSSR count). The molecule has 0 aromatic heterocycles. The zero-order chi connectivity index (χ0) is 13.2. The molecule has 0 N–H and O–H groups in total. The van der Waals surface area contributed by atoms with Crippen LogP contribution in [0, 0.1) is 11.8 Å². The Morgan fingerprint density at radius 1 is 1.21 bits per heavy atom. The van der Waals surface area contributed by atoms with Gasteiger partial charge in [-0.25, -0.2) is 0 Å². The largest absolute Gasteiger partial charge is 0.295 e. The molecule has 1 heterocycles. The number of benzene rings is 1. The second kappa shape index (κ2) is 5.68. The molecule has 1 saturated heterocycles. The van der Waals surface area contributed by atoms with Crippen LogP contribution in [-0.2, 0) is 0 Å². The average Bonchev–Trinajstić information content (AvgIpc) is 2.99. The Hall–Kier alpha value is -0.800. The third kappa shape index (κ3) is 2.87. The van der Waals surface area contributed by atoms with Crippen molar-refractivity contribution in [2.45, 2.75) is 24.2 Å². The summed E-state index contributed by atoms with van der Waals surface area (Å²) < 4.78 is 0. The Bertz CT molecular complexity index is 444. The van der Waals surface area contributed by atoms with Crippen molar-refractivity contribution in [1.29, 1.82) is 0 Å². The number of likely N-dealkylation sites (tertiary alicyclic amines) is 1. The van der Waals surface area contributed by atoms with Crippen molar-refractivity contribution in [3.05, 3.63) is 29.8 Å². The van der Waals surface area contributed by atoms with E-state index in [2.05, 4.69) is 11.2 Å². The molecule has 2 nitrogen and oxygen atoms in total. The average molecular weight is 275 g/mol. The molecule has 1 aromatic carbocycles. The Labute approximate surface area is 119 Å². The molecule has 2 atom stereocenters. The molecule has 1 saturated carbocycles. The summed E-state index contributed by atoms with van der Waals surface area (Å²) in [4.78, 5) is 15.8. The van der Waals surface area contributed by atoms with Crippen molar-refractivity contribution >= 4 is 17.5 Å². The van der Waals surface area contributed by atoms with E-state index in [4.69, 9.17) is 0 Å². The Kier molecular flexibility index (Phi) is 3.94. The van der Waals surface area contributed by atoms with E-state index in [1.54, 1.807) is 11.8 Å². The van der Waals surface area contributed by atoms with Gasteiger partial charge in [0, 0.05) is 23.5 Å². The van der Waals surface area contributed by atoms with Crippen molar-refractivity contribution in [1.82, 2.24) is 4.90 Å². The molecule has 102 valence electrons.